The third-order valence-electron chi connectivity index (χ3n) is 3.70. The Hall–Kier alpha value is -2.15. The minimum atomic E-state index is -1.17. The summed E-state index contributed by atoms with van der Waals surface area (Å²) in [5, 5.41) is 13.2. The highest BCUT2D eigenvalue weighted by atomic mass is 32.2. The first kappa shape index (κ1) is 17.7. The van der Waals surface area contributed by atoms with Gasteiger partial charge in [-0.05, 0) is 6.08 Å². The van der Waals surface area contributed by atoms with Gasteiger partial charge in [0.05, 0.1) is 12.8 Å². The molecule has 3 rings (SSSR count). The number of rotatable bonds is 6. The van der Waals surface area contributed by atoms with E-state index >= 15 is 0 Å². The molecular weight excluding hydrogens is 370 g/mol. The third kappa shape index (κ3) is 3.20. The van der Waals surface area contributed by atoms with E-state index in [4.69, 9.17) is 15.7 Å². The summed E-state index contributed by atoms with van der Waals surface area (Å²) < 4.78 is 0. The topological polar surface area (TPSA) is 147 Å². The molecule has 3 atom stereocenters. The number of carbonyl (C=O) groups is 3. The van der Waals surface area contributed by atoms with E-state index in [1.165, 1.54) is 41.2 Å². The van der Waals surface area contributed by atoms with Crippen molar-refractivity contribution in [2.24, 2.45) is 0 Å². The van der Waals surface area contributed by atoms with E-state index in [1.807, 2.05) is 0 Å². The number of aliphatic carboxylic acids is 1. The molecule has 1 aromatic heterocycles. The third-order valence-corrected chi connectivity index (χ3v) is 5.57. The lowest BCUT2D eigenvalue weighted by molar-refractivity contribution is -0.151. The second-order valence-electron chi connectivity index (χ2n) is 5.18. The molecule has 2 aliphatic heterocycles. The van der Waals surface area contributed by atoms with Crippen LogP contribution in [0.4, 0.5) is 5.13 Å². The summed E-state index contributed by atoms with van der Waals surface area (Å²) in [7, 11) is 1.35. The lowest BCUT2D eigenvalue weighted by Gasteiger charge is -2.48. The number of nitrogen functional groups attached to an aromatic ring is 1. The van der Waals surface area contributed by atoms with Gasteiger partial charge in [0.2, 0.25) is 5.91 Å². The van der Waals surface area contributed by atoms with Crippen LogP contribution in [0.1, 0.15) is 11.7 Å². The Morgan fingerprint density at radius 3 is 2.92 bits per heavy atom. The molecule has 3 heterocycles. The highest BCUT2D eigenvalue weighted by molar-refractivity contribution is 8.00. The summed E-state index contributed by atoms with van der Waals surface area (Å²) in [6.07, 6.45) is 1.48. The van der Waals surface area contributed by atoms with E-state index in [2.05, 4.69) is 15.8 Å². The molecular formula is C13H15N5O5S2. The van der Waals surface area contributed by atoms with E-state index in [0.717, 1.165) is 0 Å². The quantitative estimate of drug-likeness (QED) is 0.368. The van der Waals surface area contributed by atoms with Crippen LogP contribution in [0.3, 0.4) is 0 Å². The lowest BCUT2D eigenvalue weighted by Crippen LogP contribution is -2.70. The second-order valence-corrected chi connectivity index (χ2v) is 7.22. The summed E-state index contributed by atoms with van der Waals surface area (Å²) in [5.41, 5.74) is 8.42. The molecule has 5 N–H and O–H groups in total. The minimum Gasteiger partial charge on any atom is -0.477 e. The van der Waals surface area contributed by atoms with Crippen LogP contribution in [0, 0.1) is 0 Å². The molecule has 0 spiro atoms. The number of hydrogen-bond donors (Lipinski definition) is 4. The van der Waals surface area contributed by atoms with Crippen molar-refractivity contribution in [3.63, 3.8) is 0 Å². The number of thioether (sulfide) groups is 1. The van der Waals surface area contributed by atoms with Crippen molar-refractivity contribution in [3.05, 3.63) is 22.8 Å². The number of carboxylic acid groups (broad SMARTS) is 1. The molecule has 134 valence electrons. The molecule has 2 aliphatic rings. The number of nitrogens with one attached hydrogen (secondary N) is 2. The van der Waals surface area contributed by atoms with Crippen molar-refractivity contribution in [3.8, 4) is 0 Å². The fourth-order valence-corrected chi connectivity index (χ4v) is 4.36. The smallest absolute Gasteiger partial charge is 0.352 e. The van der Waals surface area contributed by atoms with Gasteiger partial charge in [-0.2, -0.15) is 5.48 Å². The van der Waals surface area contributed by atoms with E-state index in [0.29, 0.717) is 16.6 Å². The van der Waals surface area contributed by atoms with Crippen LogP contribution in [0.5, 0.6) is 0 Å². The molecule has 1 aromatic rings. The predicted molar refractivity (Wildman–Crippen MR) is 90.2 cm³/mol. The van der Waals surface area contributed by atoms with Crippen molar-refractivity contribution in [2.75, 3.05) is 18.6 Å². The molecule has 1 saturated heterocycles. The SMILES string of the molecule is CONC(C(=O)NC1C(=O)N2C(C(=O)O)=CCS[C@H]12)c1csc(N)n1. The van der Waals surface area contributed by atoms with Gasteiger partial charge in [0.25, 0.3) is 5.91 Å². The summed E-state index contributed by atoms with van der Waals surface area (Å²) >= 11 is 2.55. The van der Waals surface area contributed by atoms with E-state index in [1.54, 1.807) is 5.38 Å². The van der Waals surface area contributed by atoms with Gasteiger partial charge in [-0.1, -0.05) is 0 Å². The maximum absolute atomic E-state index is 12.5. The molecule has 25 heavy (non-hydrogen) atoms. The van der Waals surface area contributed by atoms with Gasteiger partial charge in [-0.15, -0.1) is 23.1 Å². The molecule has 10 nitrogen and oxygen atoms in total. The van der Waals surface area contributed by atoms with Crippen molar-refractivity contribution in [1.82, 2.24) is 20.7 Å². The van der Waals surface area contributed by atoms with E-state index in [9.17, 15) is 14.4 Å². The lowest BCUT2D eigenvalue weighted by atomic mass is 10.0. The summed E-state index contributed by atoms with van der Waals surface area (Å²) in [6.45, 7) is 0. The predicted octanol–water partition coefficient (Wildman–Crippen LogP) is -0.714. The van der Waals surface area contributed by atoms with Crippen LogP contribution in [0.2, 0.25) is 0 Å². The Balaban J connectivity index is 1.72. The number of β-lactam (4-membered cyclic amide) rings is 1. The zero-order valence-electron chi connectivity index (χ0n) is 13.0. The number of fused-ring (bicyclic) bond motifs is 1. The van der Waals surface area contributed by atoms with Crippen molar-refractivity contribution in [1.29, 1.82) is 0 Å². The molecule has 0 radical (unpaired) electrons. The molecule has 12 heteroatoms. The number of hydrogen-bond acceptors (Lipinski definition) is 9. The van der Waals surface area contributed by atoms with E-state index in [-0.39, 0.29) is 5.70 Å². The Morgan fingerprint density at radius 1 is 1.56 bits per heavy atom. The van der Waals surface area contributed by atoms with Gasteiger partial charge in [0.15, 0.2) is 11.2 Å². The number of carbonyl (C=O) groups excluding carboxylic acids is 2. The average molecular weight is 385 g/mol. The second kappa shape index (κ2) is 7.00. The van der Waals surface area contributed by atoms with Gasteiger partial charge in [0.1, 0.15) is 17.1 Å². The molecule has 0 aliphatic carbocycles. The Morgan fingerprint density at radius 2 is 2.32 bits per heavy atom. The summed E-state index contributed by atoms with van der Waals surface area (Å²) in [5.74, 6) is -1.70. The van der Waals surface area contributed by atoms with Crippen molar-refractivity contribution >= 4 is 46.0 Å². The maximum atomic E-state index is 12.5. The van der Waals surface area contributed by atoms with Crippen molar-refractivity contribution in [2.45, 2.75) is 17.5 Å². The Labute approximate surface area is 150 Å². The van der Waals surface area contributed by atoms with E-state index < -0.39 is 35.2 Å². The fourth-order valence-electron chi connectivity index (χ4n) is 2.57. The number of nitrogens with zero attached hydrogens (tertiary/aromatic N) is 2. The van der Waals surface area contributed by atoms with Crippen LogP contribution >= 0.6 is 23.1 Å². The number of anilines is 1. The molecule has 0 bridgehead atoms. The first-order chi connectivity index (χ1) is 11.9. The fraction of sp³-hybridized carbons (Fsp3) is 0.385. The highest BCUT2D eigenvalue weighted by Gasteiger charge is 2.53. The van der Waals surface area contributed by atoms with Gasteiger partial charge in [0, 0.05) is 11.1 Å². The zero-order valence-corrected chi connectivity index (χ0v) is 14.6. The molecule has 0 saturated carbocycles. The van der Waals surface area contributed by atoms with Crippen LogP contribution in [-0.4, -0.2) is 57.1 Å². The molecule has 2 amide bonds. The van der Waals surface area contributed by atoms with Crippen LogP contribution < -0.4 is 16.5 Å². The van der Waals surface area contributed by atoms with Gasteiger partial charge in [-0.25, -0.2) is 9.78 Å². The summed E-state index contributed by atoms with van der Waals surface area (Å²) in [4.78, 5) is 46.1. The number of carboxylic acids is 1. The van der Waals surface area contributed by atoms with Crippen LogP contribution in [0.25, 0.3) is 0 Å². The standard InChI is InChI=1S/C13H15N5O5S2/c1-23-17-7(5-4-25-13(14)15-5)9(19)16-8-10(20)18-6(12(21)22)2-3-24-11(8)18/h2,4,7-8,11,17H,3H2,1H3,(H2,14,15)(H,16,19)(H,21,22)/t7?,8?,11-/m1/s1. The first-order valence-electron chi connectivity index (χ1n) is 7.12. The number of amides is 2. The number of hydroxylamine groups is 1. The zero-order chi connectivity index (χ0) is 18.1. The van der Waals surface area contributed by atoms with Gasteiger partial charge >= 0.3 is 5.97 Å². The minimum absolute atomic E-state index is 0.0573. The normalized spacial score (nSPS) is 23.3. The van der Waals surface area contributed by atoms with Crippen LogP contribution in [0.15, 0.2) is 17.2 Å². The summed E-state index contributed by atoms with van der Waals surface area (Å²) in [6, 6.07) is -1.75. The average Bonchev–Trinajstić information content (AvgIpc) is 3.02. The first-order valence-corrected chi connectivity index (χ1v) is 9.04. The number of aromatic nitrogens is 1. The Kier molecular flexibility index (Phi) is 4.94. The monoisotopic (exact) mass is 385 g/mol. The maximum Gasteiger partial charge on any atom is 0.352 e. The Bertz CT molecular complexity index is 751. The number of thiazole rings is 1. The van der Waals surface area contributed by atoms with Crippen LogP contribution in [-0.2, 0) is 19.2 Å². The molecule has 2 unspecified atom stereocenters. The van der Waals surface area contributed by atoms with Crippen molar-refractivity contribution < 1.29 is 24.3 Å². The highest BCUT2D eigenvalue weighted by Crippen LogP contribution is 2.37. The van der Waals surface area contributed by atoms with Gasteiger partial charge in [-0.3, -0.25) is 14.5 Å². The number of nitrogens with two attached hydrogens (primary N) is 1. The largest absolute Gasteiger partial charge is 0.477 e. The molecule has 1 fully saturated rings. The molecule has 0 aromatic carbocycles. The van der Waals surface area contributed by atoms with Gasteiger partial charge < -0.3 is 21.0 Å².